The fourth-order valence-electron chi connectivity index (χ4n) is 3.09. The van der Waals surface area contributed by atoms with Crippen molar-refractivity contribution < 1.29 is 14.0 Å². The van der Waals surface area contributed by atoms with E-state index in [0.717, 1.165) is 17.7 Å². The smallest absolute Gasteiger partial charge is 0.254 e. The highest BCUT2D eigenvalue weighted by Gasteiger charge is 2.23. The minimum absolute atomic E-state index is 0.0327. The summed E-state index contributed by atoms with van der Waals surface area (Å²) < 4.78 is 13.7. The van der Waals surface area contributed by atoms with Crippen molar-refractivity contribution in [2.24, 2.45) is 0 Å². The van der Waals surface area contributed by atoms with E-state index < -0.39 is 5.82 Å². The molecule has 156 valence electrons. The molecule has 0 saturated carbocycles. The van der Waals surface area contributed by atoms with Gasteiger partial charge in [0.25, 0.3) is 5.91 Å². The molecule has 0 radical (unpaired) electrons. The topological polar surface area (TPSA) is 52.7 Å². The molecule has 1 unspecified atom stereocenters. The molecule has 0 aromatic heterocycles. The van der Waals surface area contributed by atoms with Crippen LogP contribution in [0.2, 0.25) is 0 Å². The summed E-state index contributed by atoms with van der Waals surface area (Å²) in [5, 5.41) is 2.87. The molecule has 0 fully saturated rings. The maximum atomic E-state index is 13.7. The summed E-state index contributed by atoms with van der Waals surface area (Å²) in [5.41, 5.74) is 2.89. The van der Waals surface area contributed by atoms with Crippen molar-refractivity contribution in [2.75, 3.05) is 24.3 Å². The van der Waals surface area contributed by atoms with Crippen LogP contribution in [-0.4, -0.2) is 36.9 Å². The number of amides is 2. The van der Waals surface area contributed by atoms with Gasteiger partial charge in [-0.15, -0.1) is 0 Å². The lowest BCUT2D eigenvalue weighted by atomic mass is 10.1. The molecule has 6 heteroatoms. The molecule has 0 aliphatic heterocycles. The van der Waals surface area contributed by atoms with E-state index in [1.54, 1.807) is 24.0 Å². The van der Waals surface area contributed by atoms with Crippen LogP contribution in [0.5, 0.6) is 0 Å². The lowest BCUT2D eigenvalue weighted by Gasteiger charge is -2.31. The molecule has 1 atom stereocenters. The summed E-state index contributed by atoms with van der Waals surface area (Å²) in [7, 11) is 3.87. The Morgan fingerprint density at radius 3 is 2.41 bits per heavy atom. The minimum atomic E-state index is -0.432. The molecule has 0 spiro atoms. The lowest BCUT2D eigenvalue weighted by Crippen LogP contribution is -2.38. The van der Waals surface area contributed by atoms with E-state index in [2.05, 4.69) is 5.32 Å². The predicted octanol–water partition coefficient (Wildman–Crippen LogP) is 4.68. The van der Waals surface area contributed by atoms with Gasteiger partial charge in [0, 0.05) is 50.0 Å². The third-order valence-corrected chi connectivity index (χ3v) is 4.96. The van der Waals surface area contributed by atoms with Crippen molar-refractivity contribution >= 4 is 23.2 Å². The lowest BCUT2D eigenvalue weighted by molar-refractivity contribution is -0.115. The van der Waals surface area contributed by atoms with Crippen LogP contribution in [0.3, 0.4) is 0 Å². The number of nitrogens with zero attached hydrogens (tertiary/aromatic N) is 2. The van der Waals surface area contributed by atoms with Crippen LogP contribution in [0.1, 0.15) is 49.5 Å². The number of hydrogen-bond acceptors (Lipinski definition) is 3. The van der Waals surface area contributed by atoms with Gasteiger partial charge in [0.05, 0.1) is 0 Å². The zero-order valence-corrected chi connectivity index (χ0v) is 17.8. The Bertz CT molecular complexity index is 867. The summed E-state index contributed by atoms with van der Waals surface area (Å²) in [5.74, 6) is -0.715. The van der Waals surface area contributed by atoms with Crippen molar-refractivity contribution in [1.82, 2.24) is 4.90 Å². The molecular formula is C23H30FN3O2. The van der Waals surface area contributed by atoms with Gasteiger partial charge in [-0.05, 0) is 55.3 Å². The second-order valence-corrected chi connectivity index (χ2v) is 7.34. The normalized spacial score (nSPS) is 11.7. The van der Waals surface area contributed by atoms with Gasteiger partial charge >= 0.3 is 0 Å². The Morgan fingerprint density at radius 1 is 1.10 bits per heavy atom. The van der Waals surface area contributed by atoms with Crippen LogP contribution in [0.25, 0.3) is 0 Å². The van der Waals surface area contributed by atoms with Crippen molar-refractivity contribution in [3.8, 4) is 0 Å². The van der Waals surface area contributed by atoms with E-state index in [4.69, 9.17) is 0 Å². The summed E-state index contributed by atoms with van der Waals surface area (Å²) in [6, 6.07) is 11.4. The first-order chi connectivity index (χ1) is 13.8. The highest BCUT2D eigenvalue weighted by Crippen LogP contribution is 2.26. The fourth-order valence-corrected chi connectivity index (χ4v) is 3.09. The Balaban J connectivity index is 2.42. The Morgan fingerprint density at radius 2 is 1.83 bits per heavy atom. The summed E-state index contributed by atoms with van der Waals surface area (Å²) in [4.78, 5) is 28.7. The monoisotopic (exact) mass is 399 g/mol. The molecule has 2 aromatic rings. The van der Waals surface area contributed by atoms with Gasteiger partial charge in [-0.3, -0.25) is 9.59 Å². The van der Waals surface area contributed by atoms with E-state index in [-0.39, 0.29) is 17.9 Å². The number of halogens is 1. The van der Waals surface area contributed by atoms with Crippen LogP contribution in [0.4, 0.5) is 15.8 Å². The highest BCUT2D eigenvalue weighted by atomic mass is 19.1. The second-order valence-electron chi connectivity index (χ2n) is 7.34. The van der Waals surface area contributed by atoms with Gasteiger partial charge in [-0.25, -0.2) is 4.39 Å². The van der Waals surface area contributed by atoms with Gasteiger partial charge in [0.1, 0.15) is 5.82 Å². The SMILES string of the molecule is CCC(=O)Nc1ccc(N(C)C)c(CN(C(=O)c2cccc(F)c2)C(C)CC)c1. The first kappa shape index (κ1) is 22.4. The number of nitrogens with one attached hydrogen (secondary N) is 1. The minimum Gasteiger partial charge on any atom is -0.377 e. The number of anilines is 2. The molecular weight excluding hydrogens is 369 g/mol. The molecule has 1 N–H and O–H groups in total. The molecule has 2 amide bonds. The number of rotatable bonds is 8. The maximum Gasteiger partial charge on any atom is 0.254 e. The third kappa shape index (κ3) is 5.79. The average Bonchev–Trinajstić information content (AvgIpc) is 2.70. The van der Waals surface area contributed by atoms with Crippen LogP contribution in [-0.2, 0) is 11.3 Å². The standard InChI is InChI=1S/C23H30FN3O2/c1-6-16(3)27(23(29)17-9-8-10-19(24)13-17)15-18-14-20(25-22(28)7-2)11-12-21(18)26(4)5/h8-14,16H,6-7,15H2,1-5H3,(H,25,28). The Labute approximate surface area is 172 Å². The third-order valence-electron chi connectivity index (χ3n) is 4.96. The van der Waals surface area contributed by atoms with E-state index in [1.807, 2.05) is 51.0 Å². The van der Waals surface area contributed by atoms with Gasteiger partial charge in [-0.1, -0.05) is 19.9 Å². The van der Waals surface area contributed by atoms with Crippen molar-refractivity contribution in [1.29, 1.82) is 0 Å². The first-order valence-electron chi connectivity index (χ1n) is 9.93. The zero-order valence-electron chi connectivity index (χ0n) is 17.8. The zero-order chi connectivity index (χ0) is 21.6. The summed E-state index contributed by atoms with van der Waals surface area (Å²) in [6.07, 6.45) is 1.16. The first-order valence-corrected chi connectivity index (χ1v) is 9.93. The van der Waals surface area contributed by atoms with Gasteiger partial charge in [0.2, 0.25) is 5.91 Å². The van der Waals surface area contributed by atoms with Crippen molar-refractivity contribution in [3.05, 3.63) is 59.4 Å². The number of benzene rings is 2. The average molecular weight is 400 g/mol. The van der Waals surface area contributed by atoms with Gasteiger partial charge in [0.15, 0.2) is 0 Å². The molecule has 0 aliphatic rings. The Kier molecular flexibility index (Phi) is 7.76. The van der Waals surface area contributed by atoms with E-state index in [0.29, 0.717) is 24.2 Å². The van der Waals surface area contributed by atoms with Crippen LogP contribution in [0.15, 0.2) is 42.5 Å². The predicted molar refractivity (Wildman–Crippen MR) is 116 cm³/mol. The summed E-state index contributed by atoms with van der Waals surface area (Å²) >= 11 is 0. The largest absolute Gasteiger partial charge is 0.377 e. The van der Waals surface area contributed by atoms with E-state index in [1.165, 1.54) is 12.1 Å². The van der Waals surface area contributed by atoms with Crippen LogP contribution < -0.4 is 10.2 Å². The van der Waals surface area contributed by atoms with E-state index >= 15 is 0 Å². The molecule has 2 aromatic carbocycles. The molecule has 0 bridgehead atoms. The van der Waals surface area contributed by atoms with Gasteiger partial charge in [-0.2, -0.15) is 0 Å². The second kappa shape index (κ2) is 10.0. The highest BCUT2D eigenvalue weighted by molar-refractivity contribution is 5.94. The van der Waals surface area contributed by atoms with Crippen molar-refractivity contribution in [3.63, 3.8) is 0 Å². The van der Waals surface area contributed by atoms with Crippen molar-refractivity contribution in [2.45, 2.75) is 46.2 Å². The fraction of sp³-hybridized carbons (Fsp3) is 0.391. The summed E-state index contributed by atoms with van der Waals surface area (Å²) in [6.45, 7) is 6.15. The molecule has 5 nitrogen and oxygen atoms in total. The quantitative estimate of drug-likeness (QED) is 0.701. The van der Waals surface area contributed by atoms with Gasteiger partial charge < -0.3 is 15.1 Å². The van der Waals surface area contributed by atoms with E-state index in [9.17, 15) is 14.0 Å². The molecule has 0 saturated heterocycles. The number of carbonyl (C=O) groups is 2. The molecule has 0 heterocycles. The van der Waals surface area contributed by atoms with Crippen LogP contribution in [0, 0.1) is 5.82 Å². The number of hydrogen-bond donors (Lipinski definition) is 1. The molecule has 29 heavy (non-hydrogen) atoms. The Hall–Kier alpha value is -2.89. The molecule has 0 aliphatic carbocycles. The number of carbonyl (C=O) groups excluding carboxylic acids is 2. The molecule has 2 rings (SSSR count). The maximum absolute atomic E-state index is 13.7. The van der Waals surface area contributed by atoms with Crippen LogP contribution >= 0.6 is 0 Å².